The molecule has 9 nitrogen and oxygen atoms in total. The summed E-state index contributed by atoms with van der Waals surface area (Å²) in [6.07, 6.45) is 6.70. The molecule has 4 heterocycles. The minimum absolute atomic E-state index is 0.104. The maximum Gasteiger partial charge on any atom is 0.266 e. The zero-order valence-electron chi connectivity index (χ0n) is 19.6. The second kappa shape index (κ2) is 8.82. The van der Waals surface area contributed by atoms with Gasteiger partial charge in [-0.25, -0.2) is 9.39 Å². The van der Waals surface area contributed by atoms with Crippen LogP contribution in [0.2, 0.25) is 0 Å². The van der Waals surface area contributed by atoms with Gasteiger partial charge in [0.1, 0.15) is 11.6 Å². The zero-order chi connectivity index (χ0) is 24.0. The number of halogens is 1. The summed E-state index contributed by atoms with van der Waals surface area (Å²) in [5.41, 5.74) is 1.67. The highest BCUT2D eigenvalue weighted by Gasteiger charge is 2.49. The lowest BCUT2D eigenvalue weighted by atomic mass is 9.95. The van der Waals surface area contributed by atoms with Crippen molar-refractivity contribution in [3.8, 4) is 0 Å². The van der Waals surface area contributed by atoms with Crippen LogP contribution in [0.3, 0.4) is 0 Å². The Balaban J connectivity index is 1.28. The highest BCUT2D eigenvalue weighted by atomic mass is 79.9. The topological polar surface area (TPSA) is 103 Å². The number of hydrogen-bond acceptors (Lipinski definition) is 7. The van der Waals surface area contributed by atoms with E-state index in [-0.39, 0.29) is 11.0 Å². The lowest BCUT2D eigenvalue weighted by molar-refractivity contribution is 0.369. The molecule has 180 valence electrons. The monoisotopic (exact) mass is 535 g/mol. The fourth-order valence-corrected chi connectivity index (χ4v) is 5.39. The molecular formula is C25H26BrN7O2. The van der Waals surface area contributed by atoms with E-state index in [1.807, 2.05) is 22.8 Å². The van der Waals surface area contributed by atoms with Gasteiger partial charge in [0.05, 0.1) is 15.6 Å². The van der Waals surface area contributed by atoms with Crippen LogP contribution in [0, 0.1) is 0 Å². The van der Waals surface area contributed by atoms with Crippen LogP contribution < -0.4 is 5.56 Å². The average molecular weight is 536 g/mol. The molecule has 0 unspecified atom stereocenters. The smallest absolute Gasteiger partial charge is 0.266 e. The van der Waals surface area contributed by atoms with Crippen LogP contribution >= 0.6 is 15.9 Å². The number of aromatic nitrogens is 6. The first-order chi connectivity index (χ1) is 17.1. The SMILES string of the molecule is CCCCCn1c2c(c(=O)n3c(CCc4nc(C5(c6ccccc6)CC5)no4)nnc13)CC(Br)=N2. The minimum Gasteiger partial charge on any atom is -0.339 e. The molecule has 10 heteroatoms. The third-order valence-electron chi connectivity index (χ3n) is 7.01. The van der Waals surface area contributed by atoms with Gasteiger partial charge >= 0.3 is 0 Å². The van der Waals surface area contributed by atoms with Crippen LogP contribution in [0.25, 0.3) is 5.78 Å². The molecule has 0 bridgehead atoms. The molecule has 1 fully saturated rings. The maximum atomic E-state index is 13.4. The molecule has 1 aromatic carbocycles. The fraction of sp³-hybridized carbons (Fsp3) is 0.440. The molecule has 0 spiro atoms. The molecule has 0 saturated heterocycles. The van der Waals surface area contributed by atoms with Crippen molar-refractivity contribution in [2.24, 2.45) is 4.99 Å². The number of nitrogens with zero attached hydrogens (tertiary/aromatic N) is 7. The van der Waals surface area contributed by atoms with Crippen LogP contribution in [-0.2, 0) is 31.2 Å². The van der Waals surface area contributed by atoms with E-state index in [0.717, 1.165) is 49.1 Å². The van der Waals surface area contributed by atoms with Gasteiger partial charge < -0.3 is 4.52 Å². The minimum atomic E-state index is -0.134. The van der Waals surface area contributed by atoms with Crippen molar-refractivity contribution >= 4 is 32.1 Å². The van der Waals surface area contributed by atoms with Crippen LogP contribution in [-0.4, -0.2) is 33.9 Å². The quantitative estimate of drug-likeness (QED) is 0.296. The number of fused-ring (bicyclic) bond motifs is 2. The molecule has 0 atom stereocenters. The van der Waals surface area contributed by atoms with E-state index in [1.54, 1.807) is 4.40 Å². The normalized spacial score (nSPS) is 16.0. The van der Waals surface area contributed by atoms with Gasteiger partial charge in [-0.2, -0.15) is 4.98 Å². The predicted molar refractivity (Wildman–Crippen MR) is 135 cm³/mol. The highest BCUT2D eigenvalue weighted by Crippen LogP contribution is 2.52. The maximum absolute atomic E-state index is 13.4. The van der Waals surface area contributed by atoms with Crippen LogP contribution in [0.4, 0.5) is 5.82 Å². The van der Waals surface area contributed by atoms with Gasteiger partial charge in [0.25, 0.3) is 5.56 Å². The molecule has 2 aliphatic rings. The Morgan fingerprint density at radius 3 is 2.71 bits per heavy atom. The van der Waals surface area contributed by atoms with E-state index in [1.165, 1.54) is 5.56 Å². The molecule has 0 N–H and O–H groups in total. The summed E-state index contributed by atoms with van der Waals surface area (Å²) in [5, 5.41) is 13.1. The molecule has 3 aromatic heterocycles. The fourth-order valence-electron chi connectivity index (χ4n) is 4.94. The van der Waals surface area contributed by atoms with Gasteiger partial charge in [-0.15, -0.1) is 10.2 Å². The third kappa shape index (κ3) is 3.84. The van der Waals surface area contributed by atoms with E-state index < -0.39 is 0 Å². The average Bonchev–Trinajstić information content (AvgIpc) is 3.19. The van der Waals surface area contributed by atoms with Gasteiger partial charge in [-0.05, 0) is 40.8 Å². The number of aryl methyl sites for hydroxylation is 3. The van der Waals surface area contributed by atoms with E-state index >= 15 is 0 Å². The molecule has 0 radical (unpaired) electrons. The number of rotatable bonds is 9. The first kappa shape index (κ1) is 22.3. The van der Waals surface area contributed by atoms with Crippen molar-refractivity contribution < 1.29 is 4.52 Å². The molecule has 4 aromatic rings. The van der Waals surface area contributed by atoms with Crippen LogP contribution in [0.1, 0.15) is 67.7 Å². The summed E-state index contributed by atoms with van der Waals surface area (Å²) in [5.74, 6) is 3.13. The summed E-state index contributed by atoms with van der Waals surface area (Å²) in [6.45, 7) is 2.92. The summed E-state index contributed by atoms with van der Waals surface area (Å²) in [7, 11) is 0. The Bertz CT molecular complexity index is 1480. The molecular weight excluding hydrogens is 510 g/mol. The van der Waals surface area contributed by atoms with Gasteiger partial charge in [0.2, 0.25) is 11.7 Å². The summed E-state index contributed by atoms with van der Waals surface area (Å²) in [6, 6.07) is 10.3. The standard InChI is InChI=1S/C25H26BrN7O2/c1-2-3-7-14-32-21-17(15-18(26)27-21)22(34)33-19(29-30-24(32)33)10-11-20-28-23(31-35-20)25(12-13-25)16-8-5-4-6-9-16/h4-6,8-9H,2-3,7,10-15H2,1H3. The van der Waals surface area contributed by atoms with E-state index in [2.05, 4.69) is 55.3 Å². The number of unbranched alkanes of at least 4 members (excludes halogenated alkanes) is 2. The van der Waals surface area contributed by atoms with Crippen molar-refractivity contribution in [2.75, 3.05) is 0 Å². The van der Waals surface area contributed by atoms with Crippen molar-refractivity contribution in [1.82, 2.24) is 29.3 Å². The Morgan fingerprint density at radius 2 is 1.94 bits per heavy atom. The lowest BCUT2D eigenvalue weighted by Gasteiger charge is -2.12. The summed E-state index contributed by atoms with van der Waals surface area (Å²) in [4.78, 5) is 22.7. The number of benzene rings is 1. The van der Waals surface area contributed by atoms with Gasteiger partial charge in [0, 0.05) is 25.8 Å². The van der Waals surface area contributed by atoms with Gasteiger partial charge in [-0.3, -0.25) is 9.36 Å². The van der Waals surface area contributed by atoms with E-state index in [4.69, 9.17) is 9.51 Å². The van der Waals surface area contributed by atoms with Crippen molar-refractivity contribution in [1.29, 1.82) is 0 Å². The second-order valence-electron chi connectivity index (χ2n) is 9.34. The predicted octanol–water partition coefficient (Wildman–Crippen LogP) is 4.31. The van der Waals surface area contributed by atoms with Crippen molar-refractivity contribution in [3.05, 3.63) is 69.4 Å². The number of aliphatic imine (C=N–C) groups is 1. The zero-order valence-corrected chi connectivity index (χ0v) is 21.2. The first-order valence-corrected chi connectivity index (χ1v) is 13.0. The molecule has 6 rings (SSSR count). The van der Waals surface area contributed by atoms with E-state index in [0.29, 0.717) is 48.1 Å². The lowest BCUT2D eigenvalue weighted by Crippen LogP contribution is -2.24. The van der Waals surface area contributed by atoms with Crippen molar-refractivity contribution in [3.63, 3.8) is 0 Å². The Labute approximate surface area is 210 Å². The van der Waals surface area contributed by atoms with Gasteiger partial charge in [0.15, 0.2) is 5.82 Å². The Kier molecular flexibility index (Phi) is 5.63. The third-order valence-corrected chi connectivity index (χ3v) is 7.47. The highest BCUT2D eigenvalue weighted by molar-refractivity contribution is 9.18. The Morgan fingerprint density at radius 1 is 1.11 bits per heavy atom. The van der Waals surface area contributed by atoms with Crippen molar-refractivity contribution in [2.45, 2.75) is 70.3 Å². The molecule has 1 aliphatic carbocycles. The largest absolute Gasteiger partial charge is 0.339 e. The van der Waals surface area contributed by atoms with Crippen LogP contribution in [0.15, 0.2) is 44.6 Å². The summed E-state index contributed by atoms with van der Waals surface area (Å²) < 4.78 is 10.0. The number of hydrogen-bond donors (Lipinski definition) is 0. The van der Waals surface area contributed by atoms with Crippen LogP contribution in [0.5, 0.6) is 0 Å². The molecule has 0 amide bonds. The molecule has 1 aliphatic heterocycles. The molecule has 35 heavy (non-hydrogen) atoms. The van der Waals surface area contributed by atoms with E-state index in [9.17, 15) is 4.79 Å². The summed E-state index contributed by atoms with van der Waals surface area (Å²) >= 11 is 3.47. The Hall–Kier alpha value is -3.14. The van der Waals surface area contributed by atoms with Gasteiger partial charge in [-0.1, -0.05) is 55.3 Å². The first-order valence-electron chi connectivity index (χ1n) is 12.2. The second-order valence-corrected chi connectivity index (χ2v) is 10.3. The molecule has 1 saturated carbocycles.